The molecule has 2 atom stereocenters. The van der Waals surface area contributed by atoms with Gasteiger partial charge in [-0.15, -0.1) is 18.8 Å². The number of β-amino-alcohol motifs (C(OH)–C–C–N with tert-alkyl or cyclic N) is 1. The molecule has 1 heterocycles. The van der Waals surface area contributed by atoms with Gasteiger partial charge in [-0.3, -0.25) is 4.90 Å². The molecule has 0 spiro atoms. The van der Waals surface area contributed by atoms with Crippen LogP contribution < -0.4 is 0 Å². The second-order valence-corrected chi connectivity index (χ2v) is 5.95. The van der Waals surface area contributed by atoms with Gasteiger partial charge < -0.3 is 9.84 Å². The van der Waals surface area contributed by atoms with Crippen molar-refractivity contribution in [2.24, 2.45) is 0 Å². The van der Waals surface area contributed by atoms with Gasteiger partial charge in [-0.25, -0.2) is 0 Å². The number of benzene rings is 1. The summed E-state index contributed by atoms with van der Waals surface area (Å²) in [5.74, 6) is 2.65. The van der Waals surface area contributed by atoms with Gasteiger partial charge in [0.2, 0.25) is 0 Å². The largest absolute Gasteiger partial charge is 0.389 e. The first-order valence-electron chi connectivity index (χ1n) is 7.65. The molecule has 1 aromatic carbocycles. The van der Waals surface area contributed by atoms with E-state index in [-0.39, 0.29) is 19.0 Å². The zero-order valence-corrected chi connectivity index (χ0v) is 14.2. The lowest BCUT2D eigenvalue weighted by Gasteiger charge is -2.31. The fraction of sp³-hybridized carbons (Fsp3) is 0.556. The van der Waals surface area contributed by atoms with Crippen LogP contribution >= 0.6 is 12.4 Å². The van der Waals surface area contributed by atoms with Gasteiger partial charge in [-0.05, 0) is 30.9 Å². The normalized spacial score (nSPS) is 18.5. The maximum absolute atomic E-state index is 10.2. The van der Waals surface area contributed by atoms with E-state index in [4.69, 9.17) is 11.2 Å². The molecule has 0 saturated heterocycles. The second-order valence-electron chi connectivity index (χ2n) is 5.95. The van der Waals surface area contributed by atoms with Gasteiger partial charge in [-0.1, -0.05) is 37.1 Å². The molecule has 3 nitrogen and oxygen atoms in total. The van der Waals surface area contributed by atoms with Crippen LogP contribution in [0.15, 0.2) is 24.3 Å². The van der Waals surface area contributed by atoms with Crippen LogP contribution in [0.25, 0.3) is 0 Å². The molecule has 0 bridgehead atoms. The monoisotopic (exact) mass is 323 g/mol. The van der Waals surface area contributed by atoms with E-state index < -0.39 is 11.7 Å². The molecule has 0 radical (unpaired) electrons. The summed E-state index contributed by atoms with van der Waals surface area (Å²) in [4.78, 5) is 2.27. The first-order valence-corrected chi connectivity index (χ1v) is 7.65. The van der Waals surface area contributed by atoms with E-state index in [0.29, 0.717) is 6.54 Å². The van der Waals surface area contributed by atoms with Crippen molar-refractivity contribution in [3.05, 3.63) is 35.4 Å². The van der Waals surface area contributed by atoms with E-state index in [2.05, 4.69) is 35.1 Å². The molecular weight excluding hydrogens is 298 g/mol. The molecule has 4 heteroatoms. The average molecular weight is 324 g/mol. The van der Waals surface area contributed by atoms with Gasteiger partial charge in [0.15, 0.2) is 0 Å². The Balaban J connectivity index is 0.00000242. The topological polar surface area (TPSA) is 32.7 Å². The molecule has 0 saturated carbocycles. The highest BCUT2D eigenvalue weighted by molar-refractivity contribution is 5.85. The van der Waals surface area contributed by atoms with Crippen LogP contribution in [0.1, 0.15) is 31.4 Å². The number of terminal acetylenes is 1. The maximum atomic E-state index is 10.2. The Morgan fingerprint density at radius 1 is 1.41 bits per heavy atom. The number of hydrogen-bond acceptors (Lipinski definition) is 3. The Morgan fingerprint density at radius 3 is 2.73 bits per heavy atom. The van der Waals surface area contributed by atoms with Crippen molar-refractivity contribution in [1.29, 1.82) is 0 Å². The summed E-state index contributed by atoms with van der Waals surface area (Å²) < 4.78 is 5.69. The minimum atomic E-state index is -0.574. The minimum Gasteiger partial charge on any atom is -0.389 e. The quantitative estimate of drug-likeness (QED) is 0.817. The Kier molecular flexibility index (Phi) is 7.38. The van der Waals surface area contributed by atoms with E-state index in [1.807, 2.05) is 13.8 Å². The fourth-order valence-corrected chi connectivity index (χ4v) is 2.59. The Morgan fingerprint density at radius 2 is 2.09 bits per heavy atom. The molecule has 2 unspecified atom stereocenters. The Labute approximate surface area is 140 Å². The van der Waals surface area contributed by atoms with Crippen molar-refractivity contribution in [2.45, 2.75) is 44.9 Å². The number of aliphatic hydroxyl groups is 1. The molecule has 1 aromatic rings. The Hall–Kier alpha value is -1.05. The zero-order valence-electron chi connectivity index (χ0n) is 13.4. The number of nitrogens with zero attached hydrogens (tertiary/aromatic N) is 1. The molecule has 0 amide bonds. The maximum Gasteiger partial charge on any atom is 0.125 e. The summed E-state index contributed by atoms with van der Waals surface area (Å²) in [5.41, 5.74) is 2.21. The van der Waals surface area contributed by atoms with Crippen LogP contribution in [0.4, 0.5) is 0 Å². The lowest BCUT2D eigenvalue weighted by atomic mass is 10.00. The van der Waals surface area contributed by atoms with Crippen LogP contribution in [0.3, 0.4) is 0 Å². The molecule has 122 valence electrons. The zero-order chi connectivity index (χ0) is 15.3. The van der Waals surface area contributed by atoms with Crippen molar-refractivity contribution in [2.75, 3.05) is 19.7 Å². The minimum absolute atomic E-state index is 0. The van der Waals surface area contributed by atoms with E-state index in [1.165, 1.54) is 11.1 Å². The van der Waals surface area contributed by atoms with Crippen LogP contribution in [0, 0.1) is 12.3 Å². The smallest absolute Gasteiger partial charge is 0.125 e. The summed E-state index contributed by atoms with van der Waals surface area (Å²) in [6, 6.07) is 8.51. The van der Waals surface area contributed by atoms with Gasteiger partial charge in [0.25, 0.3) is 0 Å². The third-order valence-corrected chi connectivity index (χ3v) is 4.25. The first-order chi connectivity index (χ1) is 10.1. The van der Waals surface area contributed by atoms with Gasteiger partial charge in [-0.2, -0.15) is 0 Å². The number of fused-ring (bicyclic) bond motifs is 1. The van der Waals surface area contributed by atoms with Crippen molar-refractivity contribution < 1.29 is 9.84 Å². The summed E-state index contributed by atoms with van der Waals surface area (Å²) >= 11 is 0. The predicted octanol–water partition coefficient (Wildman–Crippen LogP) is 2.65. The first kappa shape index (κ1) is 19.0. The number of aliphatic hydroxyl groups excluding tert-OH is 1. The highest BCUT2D eigenvalue weighted by Gasteiger charge is 2.23. The van der Waals surface area contributed by atoms with Crippen molar-refractivity contribution in [3.63, 3.8) is 0 Å². The molecule has 1 aliphatic rings. The molecule has 0 fully saturated rings. The molecule has 1 aliphatic heterocycles. The van der Waals surface area contributed by atoms with E-state index in [9.17, 15) is 5.11 Å². The fourth-order valence-electron chi connectivity index (χ4n) is 2.59. The second kappa shape index (κ2) is 8.55. The van der Waals surface area contributed by atoms with Gasteiger partial charge in [0.1, 0.15) is 5.60 Å². The van der Waals surface area contributed by atoms with Crippen molar-refractivity contribution >= 4 is 12.4 Å². The summed E-state index contributed by atoms with van der Waals surface area (Å²) in [7, 11) is 0. The Bertz CT molecular complexity index is 514. The van der Waals surface area contributed by atoms with Crippen LogP contribution in [0.5, 0.6) is 0 Å². The molecule has 22 heavy (non-hydrogen) atoms. The van der Waals surface area contributed by atoms with Gasteiger partial charge in [0, 0.05) is 19.6 Å². The van der Waals surface area contributed by atoms with Crippen LogP contribution in [-0.4, -0.2) is 41.4 Å². The van der Waals surface area contributed by atoms with E-state index >= 15 is 0 Å². The summed E-state index contributed by atoms with van der Waals surface area (Å²) in [6.07, 6.45) is 6.75. The highest BCUT2D eigenvalue weighted by atomic mass is 35.5. The van der Waals surface area contributed by atoms with Gasteiger partial charge >= 0.3 is 0 Å². The lowest BCUT2D eigenvalue weighted by Crippen LogP contribution is -2.40. The number of halogens is 1. The van der Waals surface area contributed by atoms with E-state index in [1.54, 1.807) is 0 Å². The predicted molar refractivity (Wildman–Crippen MR) is 92.2 cm³/mol. The van der Waals surface area contributed by atoms with E-state index in [0.717, 1.165) is 25.9 Å². The van der Waals surface area contributed by atoms with Crippen molar-refractivity contribution in [1.82, 2.24) is 4.90 Å². The third kappa shape index (κ3) is 5.00. The standard InChI is InChI=1S/C18H25NO2.ClH/c1-4-18(3,5-2)21-14-17(20)13-19-11-10-15-8-6-7-9-16(15)12-19;/h1,6-9,17,20H,5,10-14H2,2-3H3;1H. The number of rotatable bonds is 6. The van der Waals surface area contributed by atoms with Crippen LogP contribution in [-0.2, 0) is 17.7 Å². The third-order valence-electron chi connectivity index (χ3n) is 4.25. The summed E-state index contributed by atoms with van der Waals surface area (Å²) in [6.45, 7) is 6.66. The summed E-state index contributed by atoms with van der Waals surface area (Å²) in [5, 5.41) is 10.2. The molecule has 0 aliphatic carbocycles. The number of ether oxygens (including phenoxy) is 1. The lowest BCUT2D eigenvalue weighted by molar-refractivity contribution is -0.0480. The SMILES string of the molecule is C#CC(C)(CC)OCC(O)CN1CCc2ccccc2C1.Cl. The molecule has 2 rings (SSSR count). The number of hydrogen-bond donors (Lipinski definition) is 1. The highest BCUT2D eigenvalue weighted by Crippen LogP contribution is 2.19. The molecule has 0 aromatic heterocycles. The van der Waals surface area contributed by atoms with Gasteiger partial charge in [0.05, 0.1) is 12.7 Å². The van der Waals surface area contributed by atoms with Crippen LogP contribution in [0.2, 0.25) is 0 Å². The van der Waals surface area contributed by atoms with Crippen molar-refractivity contribution in [3.8, 4) is 12.3 Å². The average Bonchev–Trinajstić information content (AvgIpc) is 2.52. The molecular formula is C18H26ClNO2. The molecule has 1 N–H and O–H groups in total.